The highest BCUT2D eigenvalue weighted by Gasteiger charge is 2.72. The molecule has 8 nitrogen and oxygen atoms in total. The maximum absolute atomic E-state index is 14.3. The fourth-order valence-corrected chi connectivity index (χ4v) is 9.24. The van der Waals surface area contributed by atoms with Crippen LogP contribution in [0.25, 0.3) is 0 Å². The van der Waals surface area contributed by atoms with E-state index in [0.717, 1.165) is 71.0 Å². The monoisotopic (exact) mass is 678 g/mol. The van der Waals surface area contributed by atoms with Crippen molar-refractivity contribution in [2.45, 2.75) is 81.6 Å². The molecule has 5 atom stereocenters. The number of rotatable bonds is 10. The third-order valence-corrected chi connectivity index (χ3v) is 11.4. The van der Waals surface area contributed by atoms with Crippen LogP contribution in [0.15, 0.2) is 60.7 Å². The van der Waals surface area contributed by atoms with Crippen LogP contribution in [-0.4, -0.2) is 77.5 Å². The molecule has 4 fully saturated rings. The molecule has 5 aliphatic rings. The van der Waals surface area contributed by atoms with Gasteiger partial charge in [0.15, 0.2) is 0 Å². The van der Waals surface area contributed by atoms with E-state index in [-0.39, 0.29) is 23.8 Å². The minimum absolute atomic E-state index is 0.0927. The molecule has 47 heavy (non-hydrogen) atoms. The Labute approximate surface area is 287 Å². The Hall–Kier alpha value is -2.91. The molecule has 1 spiro atoms. The molecule has 3 amide bonds. The predicted octanol–water partition coefficient (Wildman–Crippen LogP) is 5.88. The molecule has 1 saturated carbocycles. The summed E-state index contributed by atoms with van der Waals surface area (Å²) in [6.45, 7) is 3.36. The Morgan fingerprint density at radius 3 is 2.36 bits per heavy atom. The van der Waals surface area contributed by atoms with Crippen LogP contribution in [0.1, 0.15) is 56.9 Å². The second-order valence-corrected chi connectivity index (χ2v) is 14.9. The van der Waals surface area contributed by atoms with Crippen LogP contribution in [0.3, 0.4) is 0 Å². The number of hydrogen-bond acceptors (Lipinski definition) is 5. The summed E-state index contributed by atoms with van der Waals surface area (Å²) in [6, 6.07) is 14.8. The third kappa shape index (κ3) is 6.71. The van der Waals surface area contributed by atoms with Crippen molar-refractivity contribution in [2.75, 3.05) is 31.5 Å². The van der Waals surface area contributed by atoms with Gasteiger partial charge in [-0.1, -0.05) is 84.9 Å². The normalized spacial score (nSPS) is 29.3. The van der Waals surface area contributed by atoms with Gasteiger partial charge < -0.3 is 25.2 Å². The summed E-state index contributed by atoms with van der Waals surface area (Å²) in [4.78, 5) is 46.5. The Bertz CT molecular complexity index is 1490. The lowest BCUT2D eigenvalue weighted by molar-refractivity contribution is -0.141. The molecule has 2 bridgehead atoms. The molecule has 4 heterocycles. The number of anilines is 1. The van der Waals surface area contributed by atoms with Crippen LogP contribution in [-0.2, 0) is 25.5 Å². The van der Waals surface area contributed by atoms with E-state index in [1.807, 2.05) is 12.2 Å². The summed E-state index contributed by atoms with van der Waals surface area (Å²) >= 11 is 12.4. The van der Waals surface area contributed by atoms with E-state index in [0.29, 0.717) is 28.2 Å². The zero-order valence-corrected chi connectivity index (χ0v) is 28.2. The van der Waals surface area contributed by atoms with Crippen LogP contribution in [0, 0.1) is 17.8 Å². The lowest BCUT2D eigenvalue weighted by Gasteiger charge is -2.35. The molecule has 1 aliphatic carbocycles. The average Bonchev–Trinajstić information content (AvgIpc) is 3.70. The summed E-state index contributed by atoms with van der Waals surface area (Å²) in [5.41, 5.74) is 0.675. The number of halogens is 2. The number of nitrogens with one attached hydrogen (secondary N) is 2. The van der Waals surface area contributed by atoms with Gasteiger partial charge in [0.2, 0.25) is 17.7 Å². The Morgan fingerprint density at radius 2 is 1.64 bits per heavy atom. The first-order chi connectivity index (χ1) is 22.8. The zero-order chi connectivity index (χ0) is 32.5. The molecule has 7 rings (SSSR count). The SMILES string of the molecule is O=C(Nc1cc(Cl)cc(Cl)c1)[C@@H]1[C@H]2C=C[C@]3(O2)[C@H](C(=O)NC2CCCCC2)N(CCCN2CCC(Cc4ccccc4)CC2)C(=O)[C@@H]13. The second-order valence-electron chi connectivity index (χ2n) is 14.1. The number of fused-ring (bicyclic) bond motifs is 1. The summed E-state index contributed by atoms with van der Waals surface area (Å²) < 4.78 is 6.53. The fraction of sp³-hybridized carbons (Fsp3) is 0.541. The van der Waals surface area contributed by atoms with Gasteiger partial charge in [-0.25, -0.2) is 0 Å². The van der Waals surface area contributed by atoms with Gasteiger partial charge in [-0.05, 0) is 87.8 Å². The van der Waals surface area contributed by atoms with Crippen molar-refractivity contribution >= 4 is 46.6 Å². The van der Waals surface area contributed by atoms with E-state index in [2.05, 4.69) is 45.9 Å². The van der Waals surface area contributed by atoms with Gasteiger partial charge in [0.1, 0.15) is 11.6 Å². The van der Waals surface area contributed by atoms with Crippen LogP contribution in [0.5, 0.6) is 0 Å². The minimum atomic E-state index is -1.18. The number of carbonyl (C=O) groups excluding carboxylic acids is 3. The standard InChI is InChI=1S/C37H44Cl2N4O4/c38-26-21-27(39)23-29(22-26)41-34(44)31-30-12-15-37(47-30)32(31)36(46)43(33(37)35(45)40-28-10-5-2-6-11-28)17-7-16-42-18-13-25(14-19-42)20-24-8-3-1-4-9-24/h1,3-4,8-9,12,15,21-23,25,28,30-33H,2,5-7,10-11,13-14,16-20H2,(H,40,45)(H,41,44)/t30-,31-,32-,33+,37-/m1/s1. The summed E-state index contributed by atoms with van der Waals surface area (Å²) in [5, 5.41) is 6.98. The van der Waals surface area contributed by atoms with Crippen molar-refractivity contribution in [3.8, 4) is 0 Å². The first kappa shape index (κ1) is 32.6. The van der Waals surface area contributed by atoms with E-state index < -0.39 is 29.6 Å². The smallest absolute Gasteiger partial charge is 0.246 e. The maximum atomic E-state index is 14.3. The second kappa shape index (κ2) is 13.9. The van der Waals surface area contributed by atoms with Gasteiger partial charge in [-0.3, -0.25) is 14.4 Å². The molecular weight excluding hydrogens is 635 g/mol. The average molecular weight is 680 g/mol. The van der Waals surface area contributed by atoms with Gasteiger partial charge in [0.25, 0.3) is 0 Å². The molecule has 3 saturated heterocycles. The van der Waals surface area contributed by atoms with Crippen LogP contribution in [0.2, 0.25) is 10.0 Å². The van der Waals surface area contributed by atoms with E-state index in [4.69, 9.17) is 27.9 Å². The molecular formula is C37H44Cl2N4O4. The molecule has 2 aromatic rings. The number of benzene rings is 2. The zero-order valence-electron chi connectivity index (χ0n) is 26.7. The number of amides is 3. The lowest BCUT2D eigenvalue weighted by Crippen LogP contribution is -2.56. The van der Waals surface area contributed by atoms with Gasteiger partial charge in [0.05, 0.1) is 17.9 Å². The number of likely N-dealkylation sites (tertiary alicyclic amines) is 2. The number of hydrogen-bond donors (Lipinski definition) is 2. The van der Waals surface area contributed by atoms with Crippen molar-refractivity contribution in [3.63, 3.8) is 0 Å². The van der Waals surface area contributed by atoms with Gasteiger partial charge in [-0.2, -0.15) is 0 Å². The summed E-state index contributed by atoms with van der Waals surface area (Å²) in [5.74, 6) is -1.59. The van der Waals surface area contributed by atoms with E-state index in [9.17, 15) is 14.4 Å². The van der Waals surface area contributed by atoms with Crippen molar-refractivity contribution < 1.29 is 19.1 Å². The highest BCUT2D eigenvalue weighted by molar-refractivity contribution is 6.35. The van der Waals surface area contributed by atoms with Crippen molar-refractivity contribution in [1.29, 1.82) is 0 Å². The Kier molecular flexibility index (Phi) is 9.65. The van der Waals surface area contributed by atoms with E-state index >= 15 is 0 Å². The fourth-order valence-electron chi connectivity index (χ4n) is 8.71. The molecule has 0 unspecified atom stereocenters. The third-order valence-electron chi connectivity index (χ3n) is 11.0. The largest absolute Gasteiger partial charge is 0.359 e. The number of nitrogens with zero attached hydrogens (tertiary/aromatic N) is 2. The van der Waals surface area contributed by atoms with Crippen LogP contribution < -0.4 is 10.6 Å². The topological polar surface area (TPSA) is 91.0 Å². The van der Waals surface area contributed by atoms with Crippen LogP contribution >= 0.6 is 23.2 Å². The highest BCUT2D eigenvalue weighted by atomic mass is 35.5. The molecule has 0 aromatic heterocycles. The van der Waals surface area contributed by atoms with Gasteiger partial charge in [0, 0.05) is 28.3 Å². The molecule has 250 valence electrons. The van der Waals surface area contributed by atoms with Crippen molar-refractivity contribution in [3.05, 3.63) is 76.3 Å². The van der Waals surface area contributed by atoms with Crippen molar-refractivity contribution in [1.82, 2.24) is 15.1 Å². The summed E-state index contributed by atoms with van der Waals surface area (Å²) in [7, 11) is 0. The number of ether oxygens (including phenoxy) is 1. The number of carbonyl (C=O) groups is 3. The molecule has 4 aliphatic heterocycles. The predicted molar refractivity (Wildman–Crippen MR) is 183 cm³/mol. The molecule has 2 N–H and O–H groups in total. The Morgan fingerprint density at radius 1 is 0.915 bits per heavy atom. The first-order valence-electron chi connectivity index (χ1n) is 17.3. The van der Waals surface area contributed by atoms with Gasteiger partial charge >= 0.3 is 0 Å². The summed E-state index contributed by atoms with van der Waals surface area (Å²) in [6.07, 6.45) is 12.5. The first-order valence-corrected chi connectivity index (χ1v) is 18.1. The number of piperidine rings is 1. The maximum Gasteiger partial charge on any atom is 0.246 e. The quantitative estimate of drug-likeness (QED) is 0.307. The molecule has 0 radical (unpaired) electrons. The van der Waals surface area contributed by atoms with E-state index in [1.54, 1.807) is 23.1 Å². The lowest BCUT2D eigenvalue weighted by atomic mass is 9.74. The minimum Gasteiger partial charge on any atom is -0.359 e. The van der Waals surface area contributed by atoms with Crippen LogP contribution in [0.4, 0.5) is 5.69 Å². The Balaban J connectivity index is 1.04. The molecule has 10 heteroatoms. The van der Waals surface area contributed by atoms with E-state index in [1.165, 1.54) is 12.0 Å². The molecule has 2 aromatic carbocycles. The highest BCUT2D eigenvalue weighted by Crippen LogP contribution is 2.55. The van der Waals surface area contributed by atoms with Gasteiger partial charge in [-0.15, -0.1) is 0 Å². The van der Waals surface area contributed by atoms with Crippen molar-refractivity contribution in [2.24, 2.45) is 17.8 Å².